The highest BCUT2D eigenvalue weighted by molar-refractivity contribution is 7.90. The molecule has 0 unspecified atom stereocenters. The van der Waals surface area contributed by atoms with Crippen LogP contribution in [0.4, 0.5) is 20.7 Å². The van der Waals surface area contributed by atoms with Gasteiger partial charge < -0.3 is 4.74 Å². The minimum Gasteiger partial charge on any atom is -0.492 e. The Balaban J connectivity index is 1.66. The van der Waals surface area contributed by atoms with Crippen LogP contribution in [0.2, 0.25) is 0 Å². The highest BCUT2D eigenvalue weighted by Gasteiger charge is 2.42. The summed E-state index contributed by atoms with van der Waals surface area (Å²) in [4.78, 5) is 18.6. The zero-order chi connectivity index (χ0) is 21.3. The van der Waals surface area contributed by atoms with Crippen LogP contribution in [0.5, 0.6) is 5.75 Å². The molecule has 2 heterocycles. The largest absolute Gasteiger partial charge is 0.492 e. The molecule has 0 bridgehead atoms. The number of urea groups is 1. The van der Waals surface area contributed by atoms with Gasteiger partial charge in [-0.2, -0.15) is 0 Å². The van der Waals surface area contributed by atoms with Crippen molar-refractivity contribution in [3.8, 4) is 5.75 Å². The molecule has 0 spiro atoms. The number of nitrogens with zero attached hydrogens (tertiary/aromatic N) is 3. The molecule has 0 saturated carbocycles. The molecule has 1 aliphatic rings. The first-order chi connectivity index (χ1) is 14.4. The number of sulfonamides is 1. The lowest BCUT2D eigenvalue weighted by molar-refractivity contribution is 0.219. The van der Waals surface area contributed by atoms with Crippen LogP contribution in [-0.4, -0.2) is 36.9 Å². The van der Waals surface area contributed by atoms with E-state index in [1.165, 1.54) is 47.5 Å². The maximum absolute atomic E-state index is 13.2. The van der Waals surface area contributed by atoms with Crippen molar-refractivity contribution < 1.29 is 22.3 Å². The molecule has 3 aromatic rings. The van der Waals surface area contributed by atoms with Crippen LogP contribution in [0.15, 0.2) is 71.8 Å². The molecular formula is C21H18FN3O4S. The lowest BCUT2D eigenvalue weighted by Gasteiger charge is -2.35. The summed E-state index contributed by atoms with van der Waals surface area (Å²) in [6.07, 6.45) is 1.44. The quantitative estimate of drug-likeness (QED) is 0.618. The normalized spacial score (nSPS) is 15.1. The number of carbonyl (C=O) groups excluding carboxylic acids is 1. The summed E-state index contributed by atoms with van der Waals surface area (Å²) in [6.45, 7) is 1.61. The van der Waals surface area contributed by atoms with Crippen molar-refractivity contribution >= 4 is 27.6 Å². The summed E-state index contributed by atoms with van der Waals surface area (Å²) in [5, 5.41) is 0. The van der Waals surface area contributed by atoms with Gasteiger partial charge in [0.1, 0.15) is 23.1 Å². The Morgan fingerprint density at radius 3 is 2.43 bits per heavy atom. The Morgan fingerprint density at radius 1 is 1.03 bits per heavy atom. The standard InChI is InChI=1S/C21H18FN3O4S/c1-15-4-8-17(9-5-15)25-20-19(3-2-12-23-20)30(27,28)24(21(25)26)13-14-29-18-10-6-16(22)7-11-18/h2-12H,13-14H2,1H3. The van der Waals surface area contributed by atoms with Gasteiger partial charge in [0.15, 0.2) is 5.82 Å². The number of amides is 2. The first-order valence-electron chi connectivity index (χ1n) is 9.15. The van der Waals surface area contributed by atoms with Crippen molar-refractivity contribution in [2.24, 2.45) is 0 Å². The smallest absolute Gasteiger partial charge is 0.344 e. The summed E-state index contributed by atoms with van der Waals surface area (Å²) in [5.74, 6) is 0.0201. The van der Waals surface area contributed by atoms with Crippen LogP contribution < -0.4 is 9.64 Å². The van der Waals surface area contributed by atoms with E-state index in [-0.39, 0.29) is 23.9 Å². The third-order valence-corrected chi connectivity index (χ3v) is 6.40. The van der Waals surface area contributed by atoms with Crippen molar-refractivity contribution in [2.45, 2.75) is 11.8 Å². The molecule has 30 heavy (non-hydrogen) atoms. The molecule has 1 aromatic heterocycles. The Labute approximate surface area is 173 Å². The fourth-order valence-electron chi connectivity index (χ4n) is 3.09. The van der Waals surface area contributed by atoms with Crippen molar-refractivity contribution in [2.75, 3.05) is 18.1 Å². The second-order valence-corrected chi connectivity index (χ2v) is 8.49. The number of benzene rings is 2. The average Bonchev–Trinajstić information content (AvgIpc) is 2.73. The molecule has 1 aliphatic heterocycles. The van der Waals surface area contributed by atoms with E-state index in [0.717, 1.165) is 9.87 Å². The predicted molar refractivity (Wildman–Crippen MR) is 109 cm³/mol. The monoisotopic (exact) mass is 427 g/mol. The Morgan fingerprint density at radius 2 is 1.73 bits per heavy atom. The van der Waals surface area contributed by atoms with Gasteiger partial charge in [0.25, 0.3) is 10.0 Å². The molecule has 0 radical (unpaired) electrons. The number of aromatic nitrogens is 1. The first-order valence-corrected chi connectivity index (χ1v) is 10.6. The van der Waals surface area contributed by atoms with Crippen molar-refractivity contribution in [1.29, 1.82) is 0 Å². The number of ether oxygens (including phenoxy) is 1. The van der Waals surface area contributed by atoms with Gasteiger partial charge in [-0.15, -0.1) is 0 Å². The van der Waals surface area contributed by atoms with E-state index in [2.05, 4.69) is 4.98 Å². The lowest BCUT2D eigenvalue weighted by atomic mass is 10.2. The number of carbonyl (C=O) groups is 1. The number of rotatable bonds is 5. The molecule has 0 fully saturated rings. The number of halogens is 1. The number of pyridine rings is 1. The molecule has 7 nitrogen and oxygen atoms in total. The van der Waals surface area contributed by atoms with E-state index in [1.54, 1.807) is 12.1 Å². The van der Waals surface area contributed by atoms with E-state index in [1.807, 2.05) is 19.1 Å². The molecule has 0 N–H and O–H groups in total. The molecule has 2 aromatic carbocycles. The summed E-state index contributed by atoms with van der Waals surface area (Å²) < 4.78 is 45.4. The molecule has 154 valence electrons. The Kier molecular flexibility index (Phi) is 5.13. The van der Waals surface area contributed by atoms with Crippen LogP contribution >= 0.6 is 0 Å². The fraction of sp³-hybridized carbons (Fsp3) is 0.143. The Hall–Kier alpha value is -3.46. The zero-order valence-electron chi connectivity index (χ0n) is 16.0. The minimum absolute atomic E-state index is 0.0575. The minimum atomic E-state index is -4.10. The molecule has 4 rings (SSSR count). The van der Waals surface area contributed by atoms with Gasteiger partial charge in [-0.3, -0.25) is 0 Å². The third-order valence-electron chi connectivity index (χ3n) is 4.60. The maximum Gasteiger partial charge on any atom is 0.344 e. The zero-order valence-corrected chi connectivity index (χ0v) is 16.8. The SMILES string of the molecule is Cc1ccc(N2C(=O)N(CCOc3ccc(F)cc3)S(=O)(=O)c3cccnc32)cc1. The van der Waals surface area contributed by atoms with E-state index < -0.39 is 21.9 Å². The van der Waals surface area contributed by atoms with Gasteiger partial charge in [0.2, 0.25) is 0 Å². The van der Waals surface area contributed by atoms with Gasteiger partial charge >= 0.3 is 6.03 Å². The van der Waals surface area contributed by atoms with Crippen LogP contribution in [-0.2, 0) is 10.0 Å². The molecule has 0 atom stereocenters. The number of aryl methyl sites for hydroxylation is 1. The van der Waals surface area contributed by atoms with Gasteiger partial charge in [0, 0.05) is 6.20 Å². The molecular weight excluding hydrogens is 409 g/mol. The maximum atomic E-state index is 13.2. The second kappa shape index (κ2) is 7.75. The predicted octanol–water partition coefficient (Wildman–Crippen LogP) is 3.87. The lowest BCUT2D eigenvalue weighted by Crippen LogP contribution is -2.50. The molecule has 2 amide bonds. The van der Waals surface area contributed by atoms with Gasteiger partial charge in [-0.05, 0) is 55.5 Å². The topological polar surface area (TPSA) is 79.8 Å². The van der Waals surface area contributed by atoms with Crippen LogP contribution in [0.25, 0.3) is 0 Å². The first kappa shape index (κ1) is 19.8. The number of anilines is 2. The van der Waals surface area contributed by atoms with Gasteiger partial charge in [-0.1, -0.05) is 17.7 Å². The van der Waals surface area contributed by atoms with Crippen molar-refractivity contribution in [1.82, 2.24) is 9.29 Å². The van der Waals surface area contributed by atoms with Crippen LogP contribution in [0.3, 0.4) is 0 Å². The van der Waals surface area contributed by atoms with E-state index in [4.69, 9.17) is 4.74 Å². The van der Waals surface area contributed by atoms with Gasteiger partial charge in [-0.25, -0.2) is 31.8 Å². The number of hydrogen-bond donors (Lipinski definition) is 0. The fourth-order valence-corrected chi connectivity index (χ4v) is 4.56. The molecule has 0 aliphatic carbocycles. The van der Waals surface area contributed by atoms with Gasteiger partial charge in [0.05, 0.1) is 12.2 Å². The summed E-state index contributed by atoms with van der Waals surface area (Å²) in [6, 6.07) is 14.6. The summed E-state index contributed by atoms with van der Waals surface area (Å²) >= 11 is 0. The summed E-state index contributed by atoms with van der Waals surface area (Å²) in [5.41, 5.74) is 1.51. The van der Waals surface area contributed by atoms with Crippen LogP contribution in [0.1, 0.15) is 5.56 Å². The van der Waals surface area contributed by atoms with E-state index >= 15 is 0 Å². The Bertz CT molecular complexity index is 1180. The average molecular weight is 427 g/mol. The second-order valence-electron chi connectivity index (χ2n) is 6.66. The van der Waals surface area contributed by atoms with Crippen molar-refractivity contribution in [3.05, 3.63) is 78.2 Å². The molecule has 0 saturated heterocycles. The third kappa shape index (κ3) is 3.59. The highest BCUT2D eigenvalue weighted by atomic mass is 32.2. The van der Waals surface area contributed by atoms with Crippen molar-refractivity contribution in [3.63, 3.8) is 0 Å². The molecule has 9 heteroatoms. The summed E-state index contributed by atoms with van der Waals surface area (Å²) in [7, 11) is -4.10. The highest BCUT2D eigenvalue weighted by Crippen LogP contribution is 2.37. The van der Waals surface area contributed by atoms with Crippen LogP contribution in [0, 0.1) is 12.7 Å². The van der Waals surface area contributed by atoms with E-state index in [0.29, 0.717) is 11.4 Å². The van der Waals surface area contributed by atoms with E-state index in [9.17, 15) is 17.6 Å². The number of fused-ring (bicyclic) bond motifs is 1. The number of hydrogen-bond acceptors (Lipinski definition) is 5.